The molecular weight excluding hydrogens is 808 g/mol. The van der Waals surface area contributed by atoms with Gasteiger partial charge < -0.3 is 24.2 Å². The Morgan fingerprint density at radius 2 is 0.758 bits per heavy atom. The molecular formula is C50H93O11P. The van der Waals surface area contributed by atoms with E-state index in [-0.39, 0.29) is 25.9 Å². The minimum absolute atomic E-state index is 0.159. The zero-order chi connectivity index (χ0) is 45.6. The molecule has 12 heteroatoms. The van der Waals surface area contributed by atoms with Gasteiger partial charge in [0.05, 0.1) is 19.8 Å². The minimum atomic E-state index is -4.73. The molecule has 0 aromatic rings. The first-order chi connectivity index (χ1) is 30.2. The molecule has 0 aromatic heterocycles. The molecule has 0 heterocycles. The molecule has 0 bridgehead atoms. The lowest BCUT2D eigenvalue weighted by Crippen LogP contribution is -2.30. The summed E-state index contributed by atoms with van der Waals surface area (Å²) in [5.74, 6) is -1.47. The molecule has 62 heavy (non-hydrogen) atoms. The van der Waals surface area contributed by atoms with Crippen LogP contribution < -0.4 is 0 Å². The van der Waals surface area contributed by atoms with Crippen LogP contribution in [0.25, 0.3) is 0 Å². The first kappa shape index (κ1) is 60.0. The highest BCUT2D eigenvalue weighted by atomic mass is 31.2. The van der Waals surface area contributed by atoms with Gasteiger partial charge in [-0.25, -0.2) is 4.57 Å². The van der Waals surface area contributed by atoms with E-state index in [0.29, 0.717) is 19.3 Å². The standard InChI is InChI=1S/C50H93O11P/c1-4-7-10-13-16-19-22-23-26-29-32-35-38-41-50(54)61-47(43-57-48(52)39-36-33-30-27-24-20-17-14-11-8-5-2)45-59-62(55,56)58-44-46(42-51)60-49(53)40-37-34-31-28-25-21-18-15-12-9-6-3/h14,17,19,22,46-47,51H,4-13,15-16,18,20-21,23-45H2,1-3H3,(H,55,56)/b17-14-,22-19-. The monoisotopic (exact) mass is 901 g/mol. The predicted molar refractivity (Wildman–Crippen MR) is 252 cm³/mol. The number of aliphatic hydroxyl groups is 1. The maximum Gasteiger partial charge on any atom is 0.472 e. The average Bonchev–Trinajstić information content (AvgIpc) is 3.25. The normalized spacial score (nSPS) is 13.7. The van der Waals surface area contributed by atoms with Crippen LogP contribution in [0.3, 0.4) is 0 Å². The van der Waals surface area contributed by atoms with Crippen LogP contribution in [0.4, 0.5) is 0 Å². The van der Waals surface area contributed by atoms with Crippen LogP contribution in [0.15, 0.2) is 24.3 Å². The number of aliphatic hydroxyl groups excluding tert-OH is 1. The first-order valence-corrected chi connectivity index (χ1v) is 26.7. The van der Waals surface area contributed by atoms with Crippen LogP contribution in [0.5, 0.6) is 0 Å². The molecule has 0 radical (unpaired) electrons. The van der Waals surface area contributed by atoms with Crippen LogP contribution in [0, 0.1) is 0 Å². The third-order valence-electron chi connectivity index (χ3n) is 10.8. The molecule has 11 nitrogen and oxygen atoms in total. The second kappa shape index (κ2) is 45.5. The van der Waals surface area contributed by atoms with Crippen molar-refractivity contribution in [2.75, 3.05) is 26.4 Å². The van der Waals surface area contributed by atoms with Crippen molar-refractivity contribution in [1.82, 2.24) is 0 Å². The third kappa shape index (κ3) is 43.2. The molecule has 0 rings (SSSR count). The number of allylic oxidation sites excluding steroid dienone is 4. The van der Waals surface area contributed by atoms with E-state index >= 15 is 0 Å². The Morgan fingerprint density at radius 1 is 0.435 bits per heavy atom. The highest BCUT2D eigenvalue weighted by molar-refractivity contribution is 7.47. The fourth-order valence-electron chi connectivity index (χ4n) is 6.92. The molecule has 0 aliphatic carbocycles. The molecule has 0 aliphatic rings. The van der Waals surface area contributed by atoms with Gasteiger partial charge in [0.1, 0.15) is 12.7 Å². The fourth-order valence-corrected chi connectivity index (χ4v) is 7.70. The van der Waals surface area contributed by atoms with Gasteiger partial charge in [-0.05, 0) is 64.2 Å². The minimum Gasteiger partial charge on any atom is -0.462 e. The molecule has 0 saturated heterocycles. The number of phosphoric ester groups is 1. The topological polar surface area (TPSA) is 155 Å². The van der Waals surface area contributed by atoms with Gasteiger partial charge in [-0.1, -0.05) is 180 Å². The molecule has 0 amide bonds. The maximum absolute atomic E-state index is 12.8. The third-order valence-corrected chi connectivity index (χ3v) is 11.8. The number of esters is 3. The number of carbonyl (C=O) groups is 3. The van der Waals surface area contributed by atoms with E-state index in [4.69, 9.17) is 23.3 Å². The van der Waals surface area contributed by atoms with Crippen LogP contribution >= 0.6 is 7.82 Å². The van der Waals surface area contributed by atoms with Crippen molar-refractivity contribution in [3.8, 4) is 0 Å². The van der Waals surface area contributed by atoms with Crippen molar-refractivity contribution in [1.29, 1.82) is 0 Å². The number of phosphoric acid groups is 1. The summed E-state index contributed by atoms with van der Waals surface area (Å²) in [5.41, 5.74) is 0. The van der Waals surface area contributed by atoms with E-state index in [1.54, 1.807) is 0 Å². The zero-order valence-electron chi connectivity index (χ0n) is 39.9. The molecule has 3 atom stereocenters. The summed E-state index contributed by atoms with van der Waals surface area (Å²) in [7, 11) is -4.73. The van der Waals surface area contributed by atoms with Crippen molar-refractivity contribution < 1.29 is 52.2 Å². The highest BCUT2D eigenvalue weighted by Gasteiger charge is 2.28. The summed E-state index contributed by atoms with van der Waals surface area (Å²) < 4.78 is 39.2. The quantitative estimate of drug-likeness (QED) is 0.0197. The molecule has 364 valence electrons. The second-order valence-corrected chi connectivity index (χ2v) is 18.4. The molecule has 0 spiro atoms. The number of hydrogen-bond acceptors (Lipinski definition) is 10. The van der Waals surface area contributed by atoms with Crippen LogP contribution in [-0.4, -0.2) is 66.5 Å². The Hall–Kier alpha value is -2.04. The predicted octanol–water partition coefficient (Wildman–Crippen LogP) is 13.9. The smallest absolute Gasteiger partial charge is 0.462 e. The summed E-state index contributed by atoms with van der Waals surface area (Å²) >= 11 is 0. The summed E-state index contributed by atoms with van der Waals surface area (Å²) in [4.78, 5) is 48.1. The zero-order valence-corrected chi connectivity index (χ0v) is 40.7. The number of hydrogen-bond donors (Lipinski definition) is 2. The van der Waals surface area contributed by atoms with Crippen molar-refractivity contribution in [3.63, 3.8) is 0 Å². The van der Waals surface area contributed by atoms with E-state index in [1.807, 2.05) is 0 Å². The lowest BCUT2D eigenvalue weighted by molar-refractivity contribution is -0.161. The van der Waals surface area contributed by atoms with Crippen molar-refractivity contribution in [2.45, 2.75) is 251 Å². The Balaban J connectivity index is 4.74. The maximum atomic E-state index is 12.8. The van der Waals surface area contributed by atoms with E-state index in [9.17, 15) is 28.9 Å². The Labute approximate surface area is 378 Å². The number of rotatable bonds is 47. The molecule has 3 unspecified atom stereocenters. The van der Waals surface area contributed by atoms with E-state index in [1.165, 1.54) is 83.5 Å². The van der Waals surface area contributed by atoms with Gasteiger partial charge >= 0.3 is 25.7 Å². The van der Waals surface area contributed by atoms with Gasteiger partial charge in [0.15, 0.2) is 6.10 Å². The number of carbonyl (C=O) groups excluding carboxylic acids is 3. The van der Waals surface area contributed by atoms with E-state index in [2.05, 4.69) is 45.1 Å². The van der Waals surface area contributed by atoms with Gasteiger partial charge in [-0.3, -0.25) is 23.4 Å². The Morgan fingerprint density at radius 3 is 1.18 bits per heavy atom. The van der Waals surface area contributed by atoms with Crippen LogP contribution in [0.2, 0.25) is 0 Å². The largest absolute Gasteiger partial charge is 0.472 e. The fraction of sp³-hybridized carbons (Fsp3) is 0.860. The van der Waals surface area contributed by atoms with Crippen LogP contribution in [-0.2, 0) is 42.2 Å². The molecule has 0 aliphatic heterocycles. The van der Waals surface area contributed by atoms with E-state index < -0.39 is 57.8 Å². The van der Waals surface area contributed by atoms with E-state index in [0.717, 1.165) is 96.3 Å². The van der Waals surface area contributed by atoms with Gasteiger partial charge in [0.25, 0.3) is 0 Å². The number of ether oxygens (including phenoxy) is 3. The summed E-state index contributed by atoms with van der Waals surface area (Å²) in [6, 6.07) is 0. The summed E-state index contributed by atoms with van der Waals surface area (Å²) in [6.45, 7) is 4.56. The van der Waals surface area contributed by atoms with Gasteiger partial charge in [0.2, 0.25) is 0 Å². The molecule has 0 fully saturated rings. The molecule has 2 N–H and O–H groups in total. The van der Waals surface area contributed by atoms with Crippen molar-refractivity contribution in [3.05, 3.63) is 24.3 Å². The molecule has 0 saturated carbocycles. The van der Waals surface area contributed by atoms with Gasteiger partial charge in [-0.2, -0.15) is 0 Å². The Bertz CT molecular complexity index is 1140. The summed E-state index contributed by atoms with van der Waals surface area (Å²) in [6.07, 6.45) is 41.5. The van der Waals surface area contributed by atoms with Crippen molar-refractivity contribution >= 4 is 25.7 Å². The Kier molecular flexibility index (Phi) is 44.0. The van der Waals surface area contributed by atoms with Gasteiger partial charge in [0, 0.05) is 19.3 Å². The highest BCUT2D eigenvalue weighted by Crippen LogP contribution is 2.43. The van der Waals surface area contributed by atoms with Gasteiger partial charge in [-0.15, -0.1) is 0 Å². The lowest BCUT2D eigenvalue weighted by atomic mass is 10.1. The second-order valence-electron chi connectivity index (χ2n) is 17.0. The van der Waals surface area contributed by atoms with Crippen LogP contribution in [0.1, 0.15) is 239 Å². The average molecular weight is 901 g/mol. The lowest BCUT2D eigenvalue weighted by Gasteiger charge is -2.21. The first-order valence-electron chi connectivity index (χ1n) is 25.2. The molecule has 0 aromatic carbocycles. The van der Waals surface area contributed by atoms with Crippen molar-refractivity contribution in [2.24, 2.45) is 0 Å². The SMILES string of the molecule is CCCC/C=C\CCCCCCCC(=O)OCC(COP(=O)(O)OCC(CO)OC(=O)CCCCCCCCCCCCC)OC(=O)CCCCCCC/C=C\CCCCCC. The summed E-state index contributed by atoms with van der Waals surface area (Å²) in [5, 5.41) is 9.74. The number of unbranched alkanes of at least 4 members (excludes halogenated alkanes) is 26.